The van der Waals surface area contributed by atoms with Gasteiger partial charge in [0.25, 0.3) is 0 Å². The lowest BCUT2D eigenvalue weighted by Crippen LogP contribution is -1.92. The summed E-state index contributed by atoms with van der Waals surface area (Å²) < 4.78 is 5.26. The van der Waals surface area contributed by atoms with Crippen LogP contribution in [0.5, 0.6) is 0 Å². The maximum atomic E-state index is 5.26. The quantitative estimate of drug-likeness (QED) is 0.862. The summed E-state index contributed by atoms with van der Waals surface area (Å²) in [6.07, 6.45) is 3.53. The van der Waals surface area contributed by atoms with Crippen molar-refractivity contribution < 1.29 is 4.42 Å². The van der Waals surface area contributed by atoms with E-state index >= 15 is 0 Å². The highest BCUT2D eigenvalue weighted by Gasteiger charge is 1.99. The topological polar surface area (TPSA) is 38.1 Å². The van der Waals surface area contributed by atoms with E-state index in [9.17, 15) is 0 Å². The van der Waals surface area contributed by atoms with Crippen molar-refractivity contribution in [1.29, 1.82) is 0 Å². The fourth-order valence-electron chi connectivity index (χ4n) is 1.36. The lowest BCUT2D eigenvalue weighted by atomic mass is 10.3. The maximum Gasteiger partial charge on any atom is 0.113 e. The van der Waals surface area contributed by atoms with E-state index in [0.717, 1.165) is 28.6 Å². The molecule has 0 aliphatic heterocycles. The maximum absolute atomic E-state index is 5.26. The third kappa shape index (κ3) is 3.03. The minimum Gasteiger partial charge on any atom is -0.468 e. The molecular formula is C12H14N2OS. The molecule has 0 radical (unpaired) electrons. The van der Waals surface area contributed by atoms with E-state index < -0.39 is 0 Å². The molecule has 0 bridgehead atoms. The average Bonchev–Trinajstić information content (AvgIpc) is 2.82. The second kappa shape index (κ2) is 5.61. The van der Waals surface area contributed by atoms with Crippen molar-refractivity contribution in [3.8, 4) is 0 Å². The van der Waals surface area contributed by atoms with E-state index in [1.807, 2.05) is 31.4 Å². The van der Waals surface area contributed by atoms with Crippen LogP contribution in [-0.2, 0) is 11.5 Å². The average molecular weight is 234 g/mol. The van der Waals surface area contributed by atoms with Crippen LogP contribution in [0.2, 0.25) is 0 Å². The number of anilines is 1. The van der Waals surface area contributed by atoms with Crippen LogP contribution in [0.4, 0.5) is 5.69 Å². The third-order valence-electron chi connectivity index (χ3n) is 2.18. The van der Waals surface area contributed by atoms with Gasteiger partial charge in [0.2, 0.25) is 0 Å². The Balaban J connectivity index is 1.85. The molecule has 0 aromatic carbocycles. The van der Waals surface area contributed by atoms with E-state index in [1.54, 1.807) is 18.0 Å². The van der Waals surface area contributed by atoms with E-state index in [0.29, 0.717) is 0 Å². The summed E-state index contributed by atoms with van der Waals surface area (Å²) in [6.45, 7) is 0. The highest BCUT2D eigenvalue weighted by molar-refractivity contribution is 7.97. The lowest BCUT2D eigenvalue weighted by Gasteiger charge is -2.03. The standard InChI is InChI=1S/C12H14N2OS/c1-13-10-4-5-14-11(7-10)8-16-9-12-3-2-6-15-12/h2-7H,8-9H2,1H3,(H,13,14). The Bertz CT molecular complexity index is 428. The van der Waals surface area contributed by atoms with Gasteiger partial charge in [0.1, 0.15) is 5.76 Å². The molecule has 0 fully saturated rings. The van der Waals surface area contributed by atoms with Crippen LogP contribution in [0.3, 0.4) is 0 Å². The number of pyridine rings is 1. The van der Waals surface area contributed by atoms with Crippen LogP contribution in [-0.4, -0.2) is 12.0 Å². The Morgan fingerprint density at radius 3 is 3.06 bits per heavy atom. The van der Waals surface area contributed by atoms with Crippen LogP contribution >= 0.6 is 11.8 Å². The zero-order valence-corrected chi connectivity index (χ0v) is 9.96. The number of thioether (sulfide) groups is 1. The van der Waals surface area contributed by atoms with E-state index in [2.05, 4.69) is 16.4 Å². The number of hydrogen-bond acceptors (Lipinski definition) is 4. The SMILES string of the molecule is CNc1ccnc(CSCc2ccco2)c1. The van der Waals surface area contributed by atoms with Crippen LogP contribution in [0, 0.1) is 0 Å². The van der Waals surface area contributed by atoms with E-state index in [-0.39, 0.29) is 0 Å². The molecule has 2 aromatic rings. The Morgan fingerprint density at radius 1 is 1.38 bits per heavy atom. The molecule has 0 spiro atoms. The van der Waals surface area contributed by atoms with Gasteiger partial charge >= 0.3 is 0 Å². The van der Waals surface area contributed by atoms with Gasteiger partial charge in [-0.3, -0.25) is 4.98 Å². The van der Waals surface area contributed by atoms with Crippen molar-refractivity contribution in [2.75, 3.05) is 12.4 Å². The molecule has 84 valence electrons. The molecule has 2 aromatic heterocycles. The zero-order valence-electron chi connectivity index (χ0n) is 9.14. The molecule has 0 saturated carbocycles. The number of aromatic nitrogens is 1. The molecule has 16 heavy (non-hydrogen) atoms. The number of rotatable bonds is 5. The minimum atomic E-state index is 0.887. The summed E-state index contributed by atoms with van der Waals surface area (Å²) in [5.74, 6) is 2.80. The summed E-state index contributed by atoms with van der Waals surface area (Å²) >= 11 is 1.80. The first-order valence-corrected chi connectivity index (χ1v) is 6.27. The Labute approximate surface area is 99.3 Å². The molecule has 0 unspecified atom stereocenters. The minimum absolute atomic E-state index is 0.887. The summed E-state index contributed by atoms with van der Waals surface area (Å²) in [6, 6.07) is 7.93. The Hall–Kier alpha value is -1.42. The van der Waals surface area contributed by atoms with Gasteiger partial charge in [-0.05, 0) is 24.3 Å². The molecule has 0 aliphatic carbocycles. The number of hydrogen-bond donors (Lipinski definition) is 1. The Kier molecular flexibility index (Phi) is 3.88. The monoisotopic (exact) mass is 234 g/mol. The Morgan fingerprint density at radius 2 is 2.31 bits per heavy atom. The predicted molar refractivity (Wildman–Crippen MR) is 67.5 cm³/mol. The van der Waals surface area contributed by atoms with Crippen LogP contribution in [0.15, 0.2) is 41.1 Å². The fourth-order valence-corrected chi connectivity index (χ4v) is 2.20. The van der Waals surface area contributed by atoms with Crippen molar-refractivity contribution in [3.63, 3.8) is 0 Å². The molecule has 0 atom stereocenters. The first kappa shape index (κ1) is 11.1. The first-order chi connectivity index (χ1) is 7.88. The summed E-state index contributed by atoms with van der Waals surface area (Å²) in [7, 11) is 1.91. The smallest absolute Gasteiger partial charge is 0.113 e. The van der Waals surface area contributed by atoms with Gasteiger partial charge in [0.05, 0.1) is 17.7 Å². The van der Waals surface area contributed by atoms with Gasteiger partial charge in [-0.15, -0.1) is 11.8 Å². The van der Waals surface area contributed by atoms with Gasteiger partial charge < -0.3 is 9.73 Å². The van der Waals surface area contributed by atoms with Gasteiger partial charge in [-0.1, -0.05) is 0 Å². The highest BCUT2D eigenvalue weighted by atomic mass is 32.2. The van der Waals surface area contributed by atoms with E-state index in [1.165, 1.54) is 0 Å². The molecule has 2 heterocycles. The second-order valence-corrected chi connectivity index (χ2v) is 4.34. The van der Waals surface area contributed by atoms with Gasteiger partial charge in [-0.25, -0.2) is 0 Å². The summed E-state index contributed by atoms with van der Waals surface area (Å²) in [4.78, 5) is 4.31. The molecule has 2 rings (SSSR count). The molecule has 0 saturated heterocycles. The van der Waals surface area contributed by atoms with Gasteiger partial charge in [0.15, 0.2) is 0 Å². The van der Waals surface area contributed by atoms with Crippen molar-refractivity contribution in [1.82, 2.24) is 4.98 Å². The number of nitrogens with one attached hydrogen (secondary N) is 1. The second-order valence-electron chi connectivity index (χ2n) is 3.36. The van der Waals surface area contributed by atoms with Crippen LogP contribution in [0.1, 0.15) is 11.5 Å². The molecule has 0 aliphatic rings. The normalized spacial score (nSPS) is 10.3. The van der Waals surface area contributed by atoms with Crippen molar-refractivity contribution in [2.24, 2.45) is 0 Å². The highest BCUT2D eigenvalue weighted by Crippen LogP contribution is 2.18. The van der Waals surface area contributed by atoms with Gasteiger partial charge in [-0.2, -0.15) is 0 Å². The fraction of sp³-hybridized carbons (Fsp3) is 0.250. The third-order valence-corrected chi connectivity index (χ3v) is 3.17. The predicted octanol–water partition coefficient (Wildman–Crippen LogP) is 3.15. The molecule has 3 nitrogen and oxygen atoms in total. The molecular weight excluding hydrogens is 220 g/mol. The van der Waals surface area contributed by atoms with Crippen molar-refractivity contribution >= 4 is 17.4 Å². The molecule has 4 heteroatoms. The number of nitrogens with zero attached hydrogens (tertiary/aromatic N) is 1. The first-order valence-electron chi connectivity index (χ1n) is 5.11. The molecule has 0 amide bonds. The summed E-state index contributed by atoms with van der Waals surface area (Å²) in [5, 5.41) is 3.10. The van der Waals surface area contributed by atoms with E-state index in [4.69, 9.17) is 4.42 Å². The van der Waals surface area contributed by atoms with Crippen molar-refractivity contribution in [2.45, 2.75) is 11.5 Å². The zero-order chi connectivity index (χ0) is 11.2. The molecule has 1 N–H and O–H groups in total. The number of furan rings is 1. The van der Waals surface area contributed by atoms with Gasteiger partial charge in [0, 0.05) is 24.7 Å². The lowest BCUT2D eigenvalue weighted by molar-refractivity contribution is 0.530. The van der Waals surface area contributed by atoms with Crippen LogP contribution in [0.25, 0.3) is 0 Å². The van der Waals surface area contributed by atoms with Crippen LogP contribution < -0.4 is 5.32 Å². The summed E-state index contributed by atoms with van der Waals surface area (Å²) in [5.41, 5.74) is 2.19. The van der Waals surface area contributed by atoms with Crippen molar-refractivity contribution in [3.05, 3.63) is 48.2 Å². The largest absolute Gasteiger partial charge is 0.468 e.